The number of aromatic nitrogens is 3. The molecule has 3 rings (SSSR count). The highest BCUT2D eigenvalue weighted by Crippen LogP contribution is 2.24. The third kappa shape index (κ3) is 3.49. The van der Waals surface area contributed by atoms with Gasteiger partial charge < -0.3 is 10.4 Å². The van der Waals surface area contributed by atoms with Gasteiger partial charge in [0, 0.05) is 18.7 Å². The number of nitrogens with one attached hydrogen (secondary N) is 2. The molecule has 112 valence electrons. The fraction of sp³-hybridized carbons (Fsp3) is 0.500. The van der Waals surface area contributed by atoms with E-state index in [1.54, 1.807) is 0 Å². The Morgan fingerprint density at radius 2 is 1.95 bits per heavy atom. The fourth-order valence-electron chi connectivity index (χ4n) is 3.01. The van der Waals surface area contributed by atoms with Gasteiger partial charge in [0.1, 0.15) is 11.4 Å². The predicted molar refractivity (Wildman–Crippen MR) is 81.5 cm³/mol. The van der Waals surface area contributed by atoms with E-state index in [9.17, 15) is 5.11 Å². The molecule has 0 saturated heterocycles. The smallest absolute Gasteiger partial charge is 0.117 e. The van der Waals surface area contributed by atoms with Crippen LogP contribution in [0.4, 0.5) is 0 Å². The predicted octanol–water partition coefficient (Wildman–Crippen LogP) is 2.11. The van der Waals surface area contributed by atoms with Gasteiger partial charge in [-0.2, -0.15) is 15.4 Å². The molecular formula is C16H22N4O. The quantitative estimate of drug-likeness (QED) is 0.787. The van der Waals surface area contributed by atoms with E-state index in [1.807, 2.05) is 30.3 Å². The Morgan fingerprint density at radius 3 is 2.76 bits per heavy atom. The summed E-state index contributed by atoms with van der Waals surface area (Å²) in [4.78, 5) is 0. The van der Waals surface area contributed by atoms with Crippen LogP contribution in [0.1, 0.15) is 31.4 Å². The van der Waals surface area contributed by atoms with Crippen LogP contribution in [0, 0.1) is 5.92 Å². The van der Waals surface area contributed by atoms with E-state index < -0.39 is 0 Å². The standard InChI is InChI=1S/C16H22N4O/c21-15-9-5-4-8-13(15)10-17-11-14-16(19-20-18-14)12-6-2-1-3-7-12/h1-3,6-7,13,15,17,21H,4-5,8-11H2,(H,18,19,20). The molecule has 0 aliphatic heterocycles. The highest BCUT2D eigenvalue weighted by Gasteiger charge is 2.22. The van der Waals surface area contributed by atoms with Gasteiger partial charge in [-0.15, -0.1) is 0 Å². The lowest BCUT2D eigenvalue weighted by Gasteiger charge is -2.27. The summed E-state index contributed by atoms with van der Waals surface area (Å²) >= 11 is 0. The maximum atomic E-state index is 9.98. The van der Waals surface area contributed by atoms with Crippen molar-refractivity contribution in [1.29, 1.82) is 0 Å². The van der Waals surface area contributed by atoms with Crippen molar-refractivity contribution in [3.8, 4) is 11.3 Å². The molecule has 0 amide bonds. The van der Waals surface area contributed by atoms with Gasteiger partial charge in [0.15, 0.2) is 0 Å². The first-order valence-electron chi connectivity index (χ1n) is 7.68. The summed E-state index contributed by atoms with van der Waals surface area (Å²) in [5.41, 5.74) is 2.89. The number of rotatable bonds is 5. The zero-order chi connectivity index (χ0) is 14.5. The van der Waals surface area contributed by atoms with E-state index in [0.29, 0.717) is 12.5 Å². The summed E-state index contributed by atoms with van der Waals surface area (Å²) in [6.07, 6.45) is 4.27. The molecule has 0 radical (unpaired) electrons. The van der Waals surface area contributed by atoms with Crippen LogP contribution >= 0.6 is 0 Å². The Bertz CT molecular complexity index is 554. The Kier molecular flexibility index (Phi) is 4.62. The number of H-pyrrole nitrogens is 1. The lowest BCUT2D eigenvalue weighted by atomic mass is 9.86. The molecular weight excluding hydrogens is 264 g/mol. The van der Waals surface area contributed by atoms with Gasteiger partial charge in [-0.05, 0) is 18.8 Å². The van der Waals surface area contributed by atoms with Crippen LogP contribution in [0.3, 0.4) is 0 Å². The van der Waals surface area contributed by atoms with Crippen LogP contribution in [0.5, 0.6) is 0 Å². The summed E-state index contributed by atoms with van der Waals surface area (Å²) in [6, 6.07) is 10.1. The van der Waals surface area contributed by atoms with Gasteiger partial charge in [-0.25, -0.2) is 0 Å². The van der Waals surface area contributed by atoms with Crippen LogP contribution in [-0.4, -0.2) is 33.2 Å². The van der Waals surface area contributed by atoms with Crippen LogP contribution in [0.2, 0.25) is 0 Å². The highest BCUT2D eigenvalue weighted by molar-refractivity contribution is 5.60. The maximum Gasteiger partial charge on any atom is 0.117 e. The first kappa shape index (κ1) is 14.2. The SMILES string of the molecule is OC1CCCCC1CNCc1n[nH]nc1-c1ccccc1. The highest BCUT2D eigenvalue weighted by atomic mass is 16.3. The van der Waals surface area contributed by atoms with E-state index in [0.717, 1.165) is 42.8 Å². The van der Waals surface area contributed by atoms with Crippen molar-refractivity contribution < 1.29 is 5.11 Å². The topological polar surface area (TPSA) is 73.8 Å². The molecule has 1 fully saturated rings. The molecule has 1 aliphatic carbocycles. The number of aromatic amines is 1. The Hall–Kier alpha value is -1.72. The van der Waals surface area contributed by atoms with Gasteiger partial charge in [-0.1, -0.05) is 43.2 Å². The van der Waals surface area contributed by atoms with Gasteiger partial charge in [0.05, 0.1) is 6.10 Å². The van der Waals surface area contributed by atoms with Crippen LogP contribution < -0.4 is 5.32 Å². The molecule has 1 aromatic heterocycles. The van der Waals surface area contributed by atoms with Crippen molar-refractivity contribution in [3.05, 3.63) is 36.0 Å². The number of aliphatic hydroxyl groups excluding tert-OH is 1. The molecule has 1 aliphatic rings. The van der Waals surface area contributed by atoms with Gasteiger partial charge in [-0.3, -0.25) is 0 Å². The Morgan fingerprint density at radius 1 is 1.14 bits per heavy atom. The van der Waals surface area contributed by atoms with Crippen molar-refractivity contribution in [1.82, 2.24) is 20.7 Å². The summed E-state index contributed by atoms with van der Waals surface area (Å²) in [6.45, 7) is 1.51. The van der Waals surface area contributed by atoms with Gasteiger partial charge >= 0.3 is 0 Å². The Labute approximate surface area is 124 Å². The van der Waals surface area contributed by atoms with Crippen LogP contribution in [0.15, 0.2) is 30.3 Å². The summed E-state index contributed by atoms with van der Waals surface area (Å²) in [5.74, 6) is 0.367. The van der Waals surface area contributed by atoms with Crippen molar-refractivity contribution in [3.63, 3.8) is 0 Å². The molecule has 1 aromatic carbocycles. The van der Waals surface area contributed by atoms with E-state index in [4.69, 9.17) is 0 Å². The zero-order valence-corrected chi connectivity index (χ0v) is 12.1. The molecule has 0 bridgehead atoms. The van der Waals surface area contributed by atoms with Crippen molar-refractivity contribution >= 4 is 0 Å². The Balaban J connectivity index is 1.58. The summed E-state index contributed by atoms with van der Waals surface area (Å²) in [5, 5.41) is 24.6. The molecule has 3 N–H and O–H groups in total. The van der Waals surface area contributed by atoms with E-state index in [2.05, 4.69) is 20.7 Å². The minimum absolute atomic E-state index is 0.155. The minimum Gasteiger partial charge on any atom is -0.393 e. The molecule has 2 unspecified atom stereocenters. The molecule has 21 heavy (non-hydrogen) atoms. The zero-order valence-electron chi connectivity index (χ0n) is 12.1. The number of nitrogens with zero attached hydrogens (tertiary/aromatic N) is 2. The normalized spacial score (nSPS) is 22.3. The first-order valence-corrected chi connectivity index (χ1v) is 7.68. The largest absolute Gasteiger partial charge is 0.393 e. The van der Waals surface area contributed by atoms with Gasteiger partial charge in [0.2, 0.25) is 0 Å². The minimum atomic E-state index is -0.155. The average Bonchev–Trinajstić information content (AvgIpc) is 2.99. The second kappa shape index (κ2) is 6.83. The van der Waals surface area contributed by atoms with Crippen LogP contribution in [-0.2, 0) is 6.54 Å². The third-order valence-corrected chi connectivity index (χ3v) is 4.24. The first-order chi connectivity index (χ1) is 10.3. The number of hydrogen-bond acceptors (Lipinski definition) is 4. The lowest BCUT2D eigenvalue weighted by molar-refractivity contribution is 0.0694. The lowest BCUT2D eigenvalue weighted by Crippen LogP contribution is -2.33. The number of benzene rings is 1. The summed E-state index contributed by atoms with van der Waals surface area (Å²) < 4.78 is 0. The van der Waals surface area contributed by atoms with E-state index in [-0.39, 0.29) is 6.10 Å². The van der Waals surface area contributed by atoms with Crippen molar-refractivity contribution in [2.45, 2.75) is 38.3 Å². The van der Waals surface area contributed by atoms with Gasteiger partial charge in [0.25, 0.3) is 0 Å². The van der Waals surface area contributed by atoms with E-state index >= 15 is 0 Å². The number of hydrogen-bond donors (Lipinski definition) is 3. The van der Waals surface area contributed by atoms with Crippen molar-refractivity contribution in [2.24, 2.45) is 5.92 Å². The second-order valence-electron chi connectivity index (χ2n) is 5.73. The van der Waals surface area contributed by atoms with Crippen LogP contribution in [0.25, 0.3) is 11.3 Å². The van der Waals surface area contributed by atoms with E-state index in [1.165, 1.54) is 6.42 Å². The molecule has 1 heterocycles. The van der Waals surface area contributed by atoms with Crippen molar-refractivity contribution in [2.75, 3.05) is 6.54 Å². The molecule has 2 aromatic rings. The third-order valence-electron chi connectivity index (χ3n) is 4.24. The maximum absolute atomic E-state index is 9.98. The molecule has 5 nitrogen and oxygen atoms in total. The molecule has 2 atom stereocenters. The molecule has 1 saturated carbocycles. The fourth-order valence-corrected chi connectivity index (χ4v) is 3.01. The second-order valence-corrected chi connectivity index (χ2v) is 5.73. The number of aliphatic hydroxyl groups is 1. The monoisotopic (exact) mass is 286 g/mol. The summed E-state index contributed by atoms with van der Waals surface area (Å²) in [7, 11) is 0. The molecule has 5 heteroatoms. The molecule has 0 spiro atoms. The average molecular weight is 286 g/mol.